The second-order valence-electron chi connectivity index (χ2n) is 15.5. The summed E-state index contributed by atoms with van der Waals surface area (Å²) in [6, 6.07) is 14.0. The van der Waals surface area contributed by atoms with Crippen LogP contribution in [0.2, 0.25) is 0 Å². The van der Waals surface area contributed by atoms with Gasteiger partial charge in [0.05, 0.1) is 5.41 Å². The summed E-state index contributed by atoms with van der Waals surface area (Å²) in [5.41, 5.74) is 1.83. The third-order valence-electron chi connectivity index (χ3n) is 9.49. The van der Waals surface area contributed by atoms with Crippen molar-refractivity contribution in [3.63, 3.8) is 0 Å². The Morgan fingerprint density at radius 3 is 1.36 bits per heavy atom. The van der Waals surface area contributed by atoms with Gasteiger partial charge >= 0.3 is 5.97 Å². The minimum absolute atomic E-state index is 0.301. The molecule has 0 fully saturated rings. The maximum Gasteiger partial charge on any atom is 0.314 e. The highest BCUT2D eigenvalue weighted by molar-refractivity contribution is 5.82. The summed E-state index contributed by atoms with van der Waals surface area (Å²) in [5.74, 6) is -0.470. The van der Waals surface area contributed by atoms with Gasteiger partial charge in [-0.05, 0) is 45.9 Å². The van der Waals surface area contributed by atoms with Crippen LogP contribution in [-0.4, -0.2) is 16.2 Å². The Morgan fingerprint density at radius 1 is 0.614 bits per heavy atom. The molecule has 0 saturated heterocycles. The van der Waals surface area contributed by atoms with E-state index in [1.54, 1.807) is 0 Å². The average molecular weight is 607 g/mol. The fraction of sp³-hybridized carbons (Fsp3) is 0.683. The zero-order valence-electron chi connectivity index (χ0n) is 29.6. The molecule has 2 aromatic rings. The first-order valence-electron chi connectivity index (χ1n) is 18.0. The van der Waals surface area contributed by atoms with E-state index in [4.69, 9.17) is 0 Å². The minimum Gasteiger partial charge on any atom is -0.507 e. The second-order valence-corrected chi connectivity index (χ2v) is 15.5. The number of carboxylic acids is 1. The predicted octanol–water partition coefficient (Wildman–Crippen LogP) is 12.2. The van der Waals surface area contributed by atoms with Crippen LogP contribution in [0.1, 0.15) is 180 Å². The number of carboxylic acid groups (broad SMARTS) is 1. The molecule has 0 aromatic heterocycles. The van der Waals surface area contributed by atoms with Gasteiger partial charge in [-0.3, -0.25) is 4.79 Å². The molecule has 2 rings (SSSR count). The molecule has 0 bridgehead atoms. The molecule has 0 spiro atoms. The first-order valence-corrected chi connectivity index (χ1v) is 18.0. The van der Waals surface area contributed by atoms with E-state index in [9.17, 15) is 15.0 Å². The molecular weight excluding hydrogens is 540 g/mol. The normalized spacial score (nSPS) is 13.6. The van der Waals surface area contributed by atoms with Crippen molar-refractivity contribution in [3.8, 4) is 5.75 Å². The molecule has 0 heterocycles. The van der Waals surface area contributed by atoms with Gasteiger partial charge in [0.25, 0.3) is 0 Å². The van der Waals surface area contributed by atoms with E-state index in [-0.39, 0.29) is 10.8 Å². The SMILES string of the molecule is CCCCCCCCCCCCCCCCCCC(Cc1ccccc1)(C(=O)O)c1cc(C(C)(C)C)c(O)c(C(C)(C)C)c1. The van der Waals surface area contributed by atoms with Crippen molar-refractivity contribution >= 4 is 5.97 Å². The van der Waals surface area contributed by atoms with Gasteiger partial charge in [0.1, 0.15) is 5.75 Å². The lowest BCUT2D eigenvalue weighted by molar-refractivity contribution is -0.144. The van der Waals surface area contributed by atoms with Crippen LogP contribution in [0.5, 0.6) is 5.75 Å². The summed E-state index contributed by atoms with van der Waals surface area (Å²) in [7, 11) is 0. The zero-order chi connectivity index (χ0) is 32.6. The molecule has 0 radical (unpaired) electrons. The first-order chi connectivity index (χ1) is 20.8. The molecule has 44 heavy (non-hydrogen) atoms. The summed E-state index contributed by atoms with van der Waals surface area (Å²) >= 11 is 0. The number of carbonyl (C=O) groups is 1. The van der Waals surface area contributed by atoms with Gasteiger partial charge in [0.15, 0.2) is 0 Å². The summed E-state index contributed by atoms with van der Waals surface area (Å²) in [4.78, 5) is 13.4. The van der Waals surface area contributed by atoms with Gasteiger partial charge in [0, 0.05) is 0 Å². The standard InChI is InChI=1S/C41H66O3/c1-8-9-10-11-12-13-14-15-16-17-18-19-20-21-22-26-29-41(38(43)44,32-33-27-24-23-25-28-33)34-30-35(39(2,3)4)37(42)36(31-34)40(5,6)7/h23-25,27-28,30-31,42H,8-22,26,29,32H2,1-7H3,(H,43,44). The Hall–Kier alpha value is -2.29. The van der Waals surface area contributed by atoms with Gasteiger partial charge in [-0.25, -0.2) is 0 Å². The number of phenolic OH excluding ortho intramolecular Hbond substituents is 1. The lowest BCUT2D eigenvalue weighted by atomic mass is 9.68. The monoisotopic (exact) mass is 607 g/mol. The highest BCUT2D eigenvalue weighted by Crippen LogP contribution is 2.44. The van der Waals surface area contributed by atoms with Crippen molar-refractivity contribution in [3.05, 3.63) is 64.7 Å². The smallest absolute Gasteiger partial charge is 0.314 e. The average Bonchev–Trinajstić information content (AvgIpc) is 2.95. The molecule has 0 amide bonds. The Morgan fingerprint density at radius 2 is 1.00 bits per heavy atom. The summed E-state index contributed by atoms with van der Waals surface area (Å²) in [6.07, 6.45) is 21.8. The van der Waals surface area contributed by atoms with Crippen LogP contribution < -0.4 is 0 Å². The molecule has 0 saturated carbocycles. The summed E-state index contributed by atoms with van der Waals surface area (Å²) < 4.78 is 0. The maximum absolute atomic E-state index is 13.4. The lowest BCUT2D eigenvalue weighted by Gasteiger charge is -2.35. The van der Waals surface area contributed by atoms with Crippen molar-refractivity contribution in [2.45, 2.75) is 180 Å². The highest BCUT2D eigenvalue weighted by atomic mass is 16.4. The third-order valence-corrected chi connectivity index (χ3v) is 9.49. The number of hydrogen-bond donors (Lipinski definition) is 2. The fourth-order valence-electron chi connectivity index (χ4n) is 6.61. The molecule has 1 unspecified atom stereocenters. The van der Waals surface area contributed by atoms with Crippen molar-refractivity contribution in [1.82, 2.24) is 0 Å². The van der Waals surface area contributed by atoms with E-state index in [0.717, 1.165) is 41.5 Å². The van der Waals surface area contributed by atoms with Crippen LogP contribution in [-0.2, 0) is 27.5 Å². The quantitative estimate of drug-likeness (QED) is 0.139. The number of rotatable bonds is 21. The first kappa shape index (κ1) is 37.9. The van der Waals surface area contributed by atoms with Gasteiger partial charge in [-0.2, -0.15) is 0 Å². The van der Waals surface area contributed by atoms with Gasteiger partial charge in [-0.1, -0.05) is 194 Å². The zero-order valence-corrected chi connectivity index (χ0v) is 29.6. The molecule has 0 aliphatic heterocycles. The van der Waals surface area contributed by atoms with Gasteiger partial charge in [0.2, 0.25) is 0 Å². The number of phenols is 1. The minimum atomic E-state index is -1.05. The molecule has 3 heteroatoms. The molecule has 3 nitrogen and oxygen atoms in total. The van der Waals surface area contributed by atoms with Crippen molar-refractivity contribution in [1.29, 1.82) is 0 Å². The lowest BCUT2D eigenvalue weighted by Crippen LogP contribution is -2.39. The topological polar surface area (TPSA) is 57.5 Å². The Kier molecular flexibility index (Phi) is 16.0. The third kappa shape index (κ3) is 12.2. The number of benzene rings is 2. The Balaban J connectivity index is 2.04. The number of aromatic hydroxyl groups is 1. The van der Waals surface area contributed by atoms with Crippen LogP contribution in [0.3, 0.4) is 0 Å². The van der Waals surface area contributed by atoms with Crippen molar-refractivity contribution in [2.24, 2.45) is 0 Å². The van der Waals surface area contributed by atoms with Crippen LogP contribution in [0.25, 0.3) is 0 Å². The van der Waals surface area contributed by atoms with Crippen LogP contribution in [0.4, 0.5) is 0 Å². The van der Waals surface area contributed by atoms with Gasteiger partial charge in [-0.15, -0.1) is 0 Å². The van der Waals surface area contributed by atoms with E-state index in [1.165, 1.54) is 83.5 Å². The summed E-state index contributed by atoms with van der Waals surface area (Å²) in [6.45, 7) is 14.8. The molecule has 248 valence electrons. The Bertz CT molecular complexity index is 1050. The largest absolute Gasteiger partial charge is 0.507 e. The van der Waals surface area contributed by atoms with Crippen LogP contribution in [0, 0.1) is 0 Å². The van der Waals surface area contributed by atoms with E-state index >= 15 is 0 Å². The molecule has 0 aliphatic carbocycles. The van der Waals surface area contributed by atoms with E-state index < -0.39 is 11.4 Å². The number of aliphatic carboxylic acids is 1. The second kappa shape index (κ2) is 18.6. The Labute approximate surface area is 271 Å². The van der Waals surface area contributed by atoms with Crippen LogP contribution in [0.15, 0.2) is 42.5 Å². The van der Waals surface area contributed by atoms with E-state index in [0.29, 0.717) is 18.6 Å². The molecule has 1 atom stereocenters. The number of unbranched alkanes of at least 4 members (excludes halogenated alkanes) is 15. The fourth-order valence-corrected chi connectivity index (χ4v) is 6.61. The maximum atomic E-state index is 13.4. The molecule has 0 aliphatic rings. The van der Waals surface area contributed by atoms with E-state index in [2.05, 4.69) is 48.5 Å². The number of hydrogen-bond acceptors (Lipinski definition) is 2. The molecular formula is C41H66O3. The van der Waals surface area contributed by atoms with Crippen molar-refractivity contribution < 1.29 is 15.0 Å². The van der Waals surface area contributed by atoms with Crippen molar-refractivity contribution in [2.75, 3.05) is 0 Å². The highest BCUT2D eigenvalue weighted by Gasteiger charge is 2.42. The molecule has 2 N–H and O–H groups in total. The van der Waals surface area contributed by atoms with E-state index in [1.807, 2.05) is 42.5 Å². The predicted molar refractivity (Wildman–Crippen MR) is 189 cm³/mol. The summed E-state index contributed by atoms with van der Waals surface area (Å²) in [5, 5.41) is 22.3. The van der Waals surface area contributed by atoms with Crippen LogP contribution >= 0.6 is 0 Å². The van der Waals surface area contributed by atoms with Gasteiger partial charge < -0.3 is 10.2 Å². The molecule has 2 aromatic carbocycles.